The van der Waals surface area contributed by atoms with Gasteiger partial charge in [-0.15, -0.1) is 16.4 Å². The van der Waals surface area contributed by atoms with Gasteiger partial charge in [-0.3, -0.25) is 9.59 Å². The average molecular weight is 307 g/mol. The number of tetrazole rings is 1. The summed E-state index contributed by atoms with van der Waals surface area (Å²) in [6, 6.07) is 1.93. The predicted molar refractivity (Wildman–Crippen MR) is 73.3 cm³/mol. The van der Waals surface area contributed by atoms with E-state index in [0.717, 1.165) is 12.8 Å². The van der Waals surface area contributed by atoms with Crippen LogP contribution in [0.5, 0.6) is 0 Å². The van der Waals surface area contributed by atoms with Gasteiger partial charge in [0.2, 0.25) is 0 Å². The number of nitrogens with zero attached hydrogens (tertiary/aromatic N) is 5. The van der Waals surface area contributed by atoms with Gasteiger partial charge in [-0.1, -0.05) is 0 Å². The molecule has 0 spiro atoms. The van der Waals surface area contributed by atoms with E-state index in [-0.39, 0.29) is 24.9 Å². The number of amides is 1. The zero-order valence-corrected chi connectivity index (χ0v) is 11.9. The fourth-order valence-corrected chi connectivity index (χ4v) is 2.93. The van der Waals surface area contributed by atoms with E-state index in [1.54, 1.807) is 16.3 Å². The van der Waals surface area contributed by atoms with Gasteiger partial charge < -0.3 is 10.0 Å². The van der Waals surface area contributed by atoms with Crippen molar-refractivity contribution >= 4 is 23.2 Å². The van der Waals surface area contributed by atoms with E-state index in [2.05, 4.69) is 15.5 Å². The van der Waals surface area contributed by atoms with Crippen LogP contribution in [0.15, 0.2) is 17.8 Å². The highest BCUT2D eigenvalue weighted by molar-refractivity contribution is 7.12. The predicted octanol–water partition coefficient (Wildman–Crippen LogP) is 0.803. The molecule has 1 amide bonds. The van der Waals surface area contributed by atoms with Crippen molar-refractivity contribution in [3.63, 3.8) is 0 Å². The molecule has 1 aliphatic carbocycles. The third-order valence-electron chi connectivity index (χ3n) is 3.25. The molecule has 0 bridgehead atoms. The van der Waals surface area contributed by atoms with Gasteiger partial charge in [-0.25, -0.2) is 0 Å². The van der Waals surface area contributed by atoms with Crippen molar-refractivity contribution in [1.29, 1.82) is 0 Å². The number of carbonyl (C=O) groups excluding carboxylic acids is 1. The van der Waals surface area contributed by atoms with Gasteiger partial charge in [0.05, 0.1) is 12.1 Å². The summed E-state index contributed by atoms with van der Waals surface area (Å²) in [6.45, 7) is 0.228. The Bertz CT molecular complexity index is 650. The van der Waals surface area contributed by atoms with Gasteiger partial charge in [0.25, 0.3) is 5.91 Å². The van der Waals surface area contributed by atoms with Crippen molar-refractivity contribution in [3.05, 3.63) is 22.7 Å². The summed E-state index contributed by atoms with van der Waals surface area (Å²) in [5.41, 5.74) is 0.621. The SMILES string of the molecule is O=C(O)CCN(C(=O)c1sccc1-n1cnnn1)C1CC1. The lowest BCUT2D eigenvalue weighted by Gasteiger charge is -2.21. The van der Waals surface area contributed by atoms with Gasteiger partial charge >= 0.3 is 5.97 Å². The van der Waals surface area contributed by atoms with Crippen molar-refractivity contribution in [2.75, 3.05) is 6.54 Å². The molecule has 1 N–H and O–H groups in total. The molecule has 21 heavy (non-hydrogen) atoms. The molecular weight excluding hydrogens is 294 g/mol. The van der Waals surface area contributed by atoms with Crippen LogP contribution in [-0.4, -0.2) is 54.7 Å². The molecule has 2 aromatic heterocycles. The van der Waals surface area contributed by atoms with Crippen LogP contribution < -0.4 is 0 Å². The summed E-state index contributed by atoms with van der Waals surface area (Å²) in [7, 11) is 0. The van der Waals surface area contributed by atoms with Crippen LogP contribution in [0.2, 0.25) is 0 Å². The van der Waals surface area contributed by atoms with E-state index in [9.17, 15) is 9.59 Å². The molecule has 0 atom stereocenters. The summed E-state index contributed by atoms with van der Waals surface area (Å²) in [5, 5.41) is 21.5. The number of aromatic nitrogens is 4. The number of carbonyl (C=O) groups is 2. The third-order valence-corrected chi connectivity index (χ3v) is 4.14. The first kappa shape index (κ1) is 13.7. The maximum absolute atomic E-state index is 12.7. The van der Waals surface area contributed by atoms with E-state index < -0.39 is 5.97 Å². The molecule has 2 heterocycles. The minimum absolute atomic E-state index is 0.0478. The fourth-order valence-electron chi connectivity index (χ4n) is 2.10. The van der Waals surface area contributed by atoms with Crippen molar-refractivity contribution in [2.45, 2.75) is 25.3 Å². The first-order valence-electron chi connectivity index (χ1n) is 6.50. The lowest BCUT2D eigenvalue weighted by Crippen LogP contribution is -2.35. The van der Waals surface area contributed by atoms with E-state index in [0.29, 0.717) is 10.6 Å². The van der Waals surface area contributed by atoms with Gasteiger partial charge in [0.1, 0.15) is 11.2 Å². The lowest BCUT2D eigenvalue weighted by molar-refractivity contribution is -0.137. The Morgan fingerprint density at radius 2 is 2.29 bits per heavy atom. The lowest BCUT2D eigenvalue weighted by atomic mass is 10.3. The number of hydrogen-bond acceptors (Lipinski definition) is 6. The van der Waals surface area contributed by atoms with Crippen LogP contribution in [0.4, 0.5) is 0 Å². The molecule has 1 fully saturated rings. The van der Waals surface area contributed by atoms with Gasteiger partial charge in [-0.2, -0.15) is 4.68 Å². The number of rotatable bonds is 6. The second-order valence-electron chi connectivity index (χ2n) is 4.76. The smallest absolute Gasteiger partial charge is 0.305 e. The maximum Gasteiger partial charge on any atom is 0.305 e. The molecule has 8 nitrogen and oxygen atoms in total. The Kier molecular flexibility index (Phi) is 3.65. The Morgan fingerprint density at radius 1 is 1.48 bits per heavy atom. The van der Waals surface area contributed by atoms with Crippen LogP contribution in [0.25, 0.3) is 5.69 Å². The first-order chi connectivity index (χ1) is 10.2. The Hall–Kier alpha value is -2.29. The molecule has 0 aromatic carbocycles. The molecular formula is C12H13N5O3S. The highest BCUT2D eigenvalue weighted by Crippen LogP contribution is 2.31. The molecule has 0 aliphatic heterocycles. The molecule has 0 radical (unpaired) electrons. The third kappa shape index (κ3) is 2.92. The van der Waals surface area contributed by atoms with Crippen LogP contribution >= 0.6 is 11.3 Å². The van der Waals surface area contributed by atoms with Crippen molar-refractivity contribution in [1.82, 2.24) is 25.1 Å². The second-order valence-corrected chi connectivity index (χ2v) is 5.68. The van der Waals surface area contributed by atoms with Crippen molar-refractivity contribution < 1.29 is 14.7 Å². The van der Waals surface area contributed by atoms with Gasteiger partial charge in [0, 0.05) is 12.6 Å². The highest BCUT2D eigenvalue weighted by atomic mass is 32.1. The van der Waals surface area contributed by atoms with Gasteiger partial charge in [-0.05, 0) is 34.7 Å². The zero-order chi connectivity index (χ0) is 14.8. The molecule has 3 rings (SSSR count). The van der Waals surface area contributed by atoms with Crippen LogP contribution in [0.1, 0.15) is 28.9 Å². The van der Waals surface area contributed by atoms with Crippen molar-refractivity contribution in [3.8, 4) is 5.69 Å². The molecule has 0 unspecified atom stereocenters. The Labute approximate surface area is 124 Å². The summed E-state index contributed by atoms with van der Waals surface area (Å²) in [4.78, 5) is 25.6. The van der Waals surface area contributed by atoms with Crippen LogP contribution in [0, 0.1) is 0 Å². The average Bonchev–Trinajstić information content (AvgIpc) is 2.96. The number of aliphatic carboxylic acids is 1. The monoisotopic (exact) mass is 307 g/mol. The van der Waals surface area contributed by atoms with Gasteiger partial charge in [0.15, 0.2) is 0 Å². The van der Waals surface area contributed by atoms with E-state index in [1.807, 2.05) is 0 Å². The number of carboxylic acid groups (broad SMARTS) is 1. The molecule has 1 aliphatic rings. The topological polar surface area (TPSA) is 101 Å². The fraction of sp³-hybridized carbons (Fsp3) is 0.417. The molecule has 0 saturated heterocycles. The number of thiophene rings is 1. The summed E-state index contributed by atoms with van der Waals surface area (Å²) in [6.07, 6.45) is 3.24. The van der Waals surface area contributed by atoms with E-state index in [4.69, 9.17) is 5.11 Å². The maximum atomic E-state index is 12.7. The Balaban J connectivity index is 1.83. The molecule has 1 saturated carbocycles. The number of hydrogen-bond donors (Lipinski definition) is 1. The quantitative estimate of drug-likeness (QED) is 0.847. The first-order valence-corrected chi connectivity index (χ1v) is 7.38. The summed E-state index contributed by atoms with van der Waals surface area (Å²) < 4.78 is 1.44. The molecule has 110 valence electrons. The standard InChI is InChI=1S/C12H13N5O3S/c18-10(19)3-5-16(8-1-2-8)12(20)11-9(4-6-21-11)17-7-13-14-15-17/h4,6-8H,1-3,5H2,(H,18,19). The zero-order valence-electron chi connectivity index (χ0n) is 11.0. The van der Waals surface area contributed by atoms with E-state index in [1.165, 1.54) is 22.3 Å². The largest absolute Gasteiger partial charge is 0.481 e. The highest BCUT2D eigenvalue weighted by Gasteiger charge is 2.34. The van der Waals surface area contributed by atoms with Crippen LogP contribution in [-0.2, 0) is 4.79 Å². The molecule has 9 heteroatoms. The van der Waals surface area contributed by atoms with Crippen molar-refractivity contribution in [2.24, 2.45) is 0 Å². The minimum atomic E-state index is -0.902. The summed E-state index contributed by atoms with van der Waals surface area (Å²) in [5.74, 6) is -1.06. The number of carboxylic acids is 1. The second kappa shape index (κ2) is 5.60. The summed E-state index contributed by atoms with van der Waals surface area (Å²) >= 11 is 1.31. The van der Waals surface area contributed by atoms with Crippen LogP contribution in [0.3, 0.4) is 0 Å². The van der Waals surface area contributed by atoms with E-state index >= 15 is 0 Å². The normalized spacial score (nSPS) is 14.1. The Morgan fingerprint density at radius 3 is 2.90 bits per heavy atom. The molecule has 2 aromatic rings. The minimum Gasteiger partial charge on any atom is -0.481 e.